The van der Waals surface area contributed by atoms with E-state index in [1.165, 1.54) is 10.9 Å². The first-order chi connectivity index (χ1) is 15.0. The number of nitrogens with zero attached hydrogens (tertiary/aromatic N) is 5. The van der Waals surface area contributed by atoms with Gasteiger partial charge in [-0.25, -0.2) is 10.1 Å². The highest BCUT2D eigenvalue weighted by Gasteiger charge is 2.17. The Morgan fingerprint density at radius 2 is 1.81 bits per heavy atom. The van der Waals surface area contributed by atoms with E-state index < -0.39 is 5.91 Å². The van der Waals surface area contributed by atoms with Gasteiger partial charge in [0.25, 0.3) is 11.5 Å². The van der Waals surface area contributed by atoms with Crippen LogP contribution >= 0.6 is 0 Å². The summed E-state index contributed by atoms with van der Waals surface area (Å²) in [4.78, 5) is 25.4. The van der Waals surface area contributed by atoms with Crippen LogP contribution in [0.5, 0.6) is 0 Å². The Bertz CT molecular complexity index is 1300. The first-order valence-electron chi connectivity index (χ1n) is 9.94. The molecule has 4 rings (SSSR count). The summed E-state index contributed by atoms with van der Waals surface area (Å²) in [5.74, 6) is -0.487. The number of hydrazone groups is 1. The summed E-state index contributed by atoms with van der Waals surface area (Å²) in [7, 11) is 0. The monoisotopic (exact) mass is 414 g/mol. The van der Waals surface area contributed by atoms with E-state index in [9.17, 15) is 9.59 Å². The van der Waals surface area contributed by atoms with Crippen molar-refractivity contribution in [2.45, 2.75) is 26.4 Å². The van der Waals surface area contributed by atoms with Crippen molar-refractivity contribution < 1.29 is 4.79 Å². The van der Waals surface area contributed by atoms with Crippen LogP contribution in [0.1, 0.15) is 41.5 Å². The number of carbonyl (C=O) groups excluding carboxylic acids is 1. The van der Waals surface area contributed by atoms with E-state index in [0.29, 0.717) is 17.3 Å². The van der Waals surface area contributed by atoms with Crippen molar-refractivity contribution in [1.29, 1.82) is 0 Å². The van der Waals surface area contributed by atoms with Crippen molar-refractivity contribution in [3.63, 3.8) is 0 Å². The molecule has 0 bridgehead atoms. The van der Waals surface area contributed by atoms with Crippen LogP contribution in [0.25, 0.3) is 10.8 Å². The lowest BCUT2D eigenvalue weighted by atomic mass is 10.1. The fourth-order valence-electron chi connectivity index (χ4n) is 3.25. The van der Waals surface area contributed by atoms with Crippen LogP contribution in [-0.2, 0) is 6.54 Å². The largest absolute Gasteiger partial charge is 0.292 e. The normalized spacial score (nSPS) is 11.5. The van der Waals surface area contributed by atoms with E-state index in [-0.39, 0.29) is 17.3 Å². The lowest BCUT2D eigenvalue weighted by Gasteiger charge is -2.12. The maximum absolute atomic E-state index is 12.8. The molecule has 0 fully saturated rings. The molecule has 0 saturated carbocycles. The minimum absolute atomic E-state index is 0.154. The van der Waals surface area contributed by atoms with Crippen LogP contribution < -0.4 is 11.0 Å². The van der Waals surface area contributed by atoms with Crippen LogP contribution in [0.3, 0.4) is 0 Å². The Balaban J connectivity index is 1.52. The highest BCUT2D eigenvalue weighted by Crippen LogP contribution is 2.14. The molecule has 2 heterocycles. The van der Waals surface area contributed by atoms with Gasteiger partial charge in [0.1, 0.15) is 0 Å². The van der Waals surface area contributed by atoms with Crippen LogP contribution in [0.4, 0.5) is 0 Å². The van der Waals surface area contributed by atoms with Crippen molar-refractivity contribution in [3.8, 4) is 0 Å². The molecule has 0 aliphatic carbocycles. The van der Waals surface area contributed by atoms with Gasteiger partial charge in [-0.1, -0.05) is 48.5 Å². The zero-order valence-corrected chi connectivity index (χ0v) is 17.3. The molecule has 0 aliphatic heterocycles. The van der Waals surface area contributed by atoms with Crippen LogP contribution in [0.2, 0.25) is 0 Å². The number of benzene rings is 2. The molecule has 1 N–H and O–H groups in total. The third-order valence-corrected chi connectivity index (χ3v) is 4.75. The van der Waals surface area contributed by atoms with E-state index in [1.54, 1.807) is 35.1 Å². The van der Waals surface area contributed by atoms with Crippen LogP contribution in [0, 0.1) is 0 Å². The molecule has 0 radical (unpaired) electrons. The van der Waals surface area contributed by atoms with E-state index in [4.69, 9.17) is 0 Å². The molecular formula is C23H22N6O2. The molecular weight excluding hydrogens is 392 g/mol. The third-order valence-electron chi connectivity index (χ3n) is 4.75. The zero-order valence-electron chi connectivity index (χ0n) is 17.3. The molecule has 8 heteroatoms. The van der Waals surface area contributed by atoms with E-state index in [0.717, 1.165) is 11.1 Å². The van der Waals surface area contributed by atoms with Gasteiger partial charge in [0.2, 0.25) is 0 Å². The van der Waals surface area contributed by atoms with E-state index in [1.807, 2.05) is 50.4 Å². The highest BCUT2D eigenvalue weighted by molar-refractivity contribution is 6.04. The van der Waals surface area contributed by atoms with Crippen molar-refractivity contribution in [2.75, 3.05) is 0 Å². The smallest absolute Gasteiger partial charge is 0.268 e. The van der Waals surface area contributed by atoms with Crippen molar-refractivity contribution in [2.24, 2.45) is 5.10 Å². The van der Waals surface area contributed by atoms with Crippen molar-refractivity contribution in [1.82, 2.24) is 25.0 Å². The van der Waals surface area contributed by atoms with Gasteiger partial charge in [0.05, 0.1) is 30.4 Å². The van der Waals surface area contributed by atoms with E-state index in [2.05, 4.69) is 20.7 Å². The lowest BCUT2D eigenvalue weighted by molar-refractivity contribution is 0.0949. The summed E-state index contributed by atoms with van der Waals surface area (Å²) in [6.45, 7) is 4.33. The summed E-state index contributed by atoms with van der Waals surface area (Å²) in [6, 6.07) is 16.8. The molecule has 0 aliphatic rings. The topological polar surface area (TPSA) is 94.2 Å². The molecule has 31 heavy (non-hydrogen) atoms. The van der Waals surface area contributed by atoms with Crippen molar-refractivity contribution >= 4 is 22.9 Å². The summed E-state index contributed by atoms with van der Waals surface area (Å²) >= 11 is 0. The molecule has 0 spiro atoms. The quantitative estimate of drug-likeness (QED) is 0.388. The Morgan fingerprint density at radius 3 is 2.55 bits per heavy atom. The van der Waals surface area contributed by atoms with Gasteiger partial charge in [0, 0.05) is 17.1 Å². The number of nitrogens with one attached hydrogen (secondary N) is 1. The fourth-order valence-corrected chi connectivity index (χ4v) is 3.25. The molecule has 2 aromatic heterocycles. The number of rotatable bonds is 6. The molecule has 2 aromatic carbocycles. The van der Waals surface area contributed by atoms with Gasteiger partial charge in [-0.2, -0.15) is 15.3 Å². The Labute approximate surface area is 178 Å². The fraction of sp³-hybridized carbons (Fsp3) is 0.174. The summed E-state index contributed by atoms with van der Waals surface area (Å²) < 4.78 is 3.11. The first kappa shape index (κ1) is 20.2. The third kappa shape index (κ3) is 4.42. The van der Waals surface area contributed by atoms with Gasteiger partial charge >= 0.3 is 0 Å². The summed E-state index contributed by atoms with van der Waals surface area (Å²) in [5.41, 5.74) is 4.32. The Morgan fingerprint density at radius 1 is 1.10 bits per heavy atom. The maximum Gasteiger partial charge on any atom is 0.292 e. The summed E-state index contributed by atoms with van der Waals surface area (Å²) in [5, 5.41) is 13.6. The maximum atomic E-state index is 12.8. The van der Waals surface area contributed by atoms with Crippen LogP contribution in [-0.4, -0.2) is 31.7 Å². The average molecular weight is 414 g/mol. The number of hydrogen-bond acceptors (Lipinski definition) is 5. The van der Waals surface area contributed by atoms with Gasteiger partial charge in [0.15, 0.2) is 5.69 Å². The van der Waals surface area contributed by atoms with Gasteiger partial charge < -0.3 is 0 Å². The number of aromatic nitrogens is 4. The van der Waals surface area contributed by atoms with Gasteiger partial charge in [-0.15, -0.1) is 0 Å². The standard InChI is InChI=1S/C23H22N6O2/c1-16(2)29-23(31)20-11-7-6-10-19(20)21(27-29)22(30)26-24-12-18-13-25-28(15-18)14-17-8-4-3-5-9-17/h3-13,15-16H,14H2,1-2H3,(H,26,30)/b24-12-. The first-order valence-corrected chi connectivity index (χ1v) is 9.94. The minimum atomic E-state index is -0.487. The number of amides is 1. The second-order valence-electron chi connectivity index (χ2n) is 7.39. The lowest BCUT2D eigenvalue weighted by Crippen LogP contribution is -2.30. The predicted molar refractivity (Wildman–Crippen MR) is 119 cm³/mol. The van der Waals surface area contributed by atoms with Gasteiger partial charge in [-0.3, -0.25) is 14.3 Å². The number of hydrogen-bond donors (Lipinski definition) is 1. The van der Waals surface area contributed by atoms with Crippen LogP contribution in [0.15, 0.2) is 76.9 Å². The molecule has 0 saturated heterocycles. The average Bonchev–Trinajstić information content (AvgIpc) is 3.21. The zero-order chi connectivity index (χ0) is 21.8. The molecule has 8 nitrogen and oxygen atoms in total. The summed E-state index contributed by atoms with van der Waals surface area (Å²) in [6.07, 6.45) is 5.04. The second-order valence-corrected chi connectivity index (χ2v) is 7.39. The molecule has 156 valence electrons. The Kier molecular flexibility index (Phi) is 5.70. The molecule has 1 amide bonds. The number of fused-ring (bicyclic) bond motifs is 1. The SMILES string of the molecule is CC(C)n1nc(C(=O)N/N=C\c2cnn(Cc3ccccc3)c2)c2ccccc2c1=O. The molecule has 0 atom stereocenters. The number of carbonyl (C=O) groups is 1. The van der Waals surface area contributed by atoms with Gasteiger partial charge in [-0.05, 0) is 25.5 Å². The van der Waals surface area contributed by atoms with Crippen molar-refractivity contribution in [3.05, 3.63) is 94.2 Å². The van der Waals surface area contributed by atoms with E-state index >= 15 is 0 Å². The molecule has 4 aromatic rings. The predicted octanol–water partition coefficient (Wildman–Crippen LogP) is 2.99. The highest BCUT2D eigenvalue weighted by atomic mass is 16.2. The molecule has 0 unspecified atom stereocenters. The minimum Gasteiger partial charge on any atom is -0.268 e. The Hall–Kier alpha value is -4.07. The second kappa shape index (κ2) is 8.74.